The van der Waals surface area contributed by atoms with Gasteiger partial charge in [0.1, 0.15) is 6.61 Å². The average molecular weight is 353 g/mol. The Balaban J connectivity index is 1.74. The second kappa shape index (κ2) is 8.21. The zero-order valence-corrected chi connectivity index (χ0v) is 14.5. The van der Waals surface area contributed by atoms with E-state index in [4.69, 9.17) is 9.47 Å². The van der Waals surface area contributed by atoms with Crippen molar-refractivity contribution >= 4 is 11.7 Å². The fourth-order valence-electron chi connectivity index (χ4n) is 2.31. The van der Waals surface area contributed by atoms with E-state index in [1.165, 1.54) is 18.6 Å². The highest BCUT2D eigenvalue weighted by Gasteiger charge is 2.14. The minimum Gasteiger partial charge on any atom is -0.473 e. The van der Waals surface area contributed by atoms with Gasteiger partial charge in [-0.25, -0.2) is 14.6 Å². The molecule has 0 spiro atoms. The van der Waals surface area contributed by atoms with Gasteiger partial charge < -0.3 is 14.8 Å². The van der Waals surface area contributed by atoms with E-state index in [2.05, 4.69) is 20.4 Å². The number of carbonyl (C=O) groups excluding carboxylic acids is 1. The number of ether oxygens (including phenoxy) is 2. The van der Waals surface area contributed by atoms with Gasteiger partial charge in [-0.1, -0.05) is 18.2 Å². The highest BCUT2D eigenvalue weighted by Crippen LogP contribution is 2.19. The van der Waals surface area contributed by atoms with Crippen molar-refractivity contribution in [3.63, 3.8) is 0 Å². The number of anilines is 1. The summed E-state index contributed by atoms with van der Waals surface area (Å²) in [4.78, 5) is 20.7. The molecule has 2 heterocycles. The van der Waals surface area contributed by atoms with Gasteiger partial charge >= 0.3 is 0 Å². The van der Waals surface area contributed by atoms with Gasteiger partial charge in [-0.3, -0.25) is 4.79 Å². The first-order valence-electron chi connectivity index (χ1n) is 8.04. The van der Waals surface area contributed by atoms with Crippen molar-refractivity contribution in [3.8, 4) is 11.6 Å². The lowest BCUT2D eigenvalue weighted by molar-refractivity contribution is 0.102. The third kappa shape index (κ3) is 4.04. The molecule has 0 aliphatic carbocycles. The monoisotopic (exact) mass is 353 g/mol. The van der Waals surface area contributed by atoms with Crippen LogP contribution in [0, 0.1) is 6.92 Å². The maximum absolute atomic E-state index is 12.5. The van der Waals surface area contributed by atoms with E-state index in [-0.39, 0.29) is 17.6 Å². The Kier molecular flexibility index (Phi) is 5.55. The van der Waals surface area contributed by atoms with Crippen molar-refractivity contribution in [2.75, 3.05) is 25.6 Å². The number of methoxy groups -OCH3 is 1. The third-order valence-corrected chi connectivity index (χ3v) is 3.63. The molecule has 8 heteroatoms. The first kappa shape index (κ1) is 17.6. The SMILES string of the molecule is COCCOc1nccnc1NC(=O)c1cnn(-c2ccccc2C)c1. The summed E-state index contributed by atoms with van der Waals surface area (Å²) in [7, 11) is 1.58. The predicted molar refractivity (Wildman–Crippen MR) is 95.7 cm³/mol. The van der Waals surface area contributed by atoms with Crippen LogP contribution in [0.5, 0.6) is 5.88 Å². The first-order chi connectivity index (χ1) is 12.7. The number of aromatic nitrogens is 4. The zero-order valence-electron chi connectivity index (χ0n) is 14.5. The Morgan fingerprint density at radius 1 is 1.19 bits per heavy atom. The fourth-order valence-corrected chi connectivity index (χ4v) is 2.31. The van der Waals surface area contributed by atoms with Crippen LogP contribution in [0.3, 0.4) is 0 Å². The Labute approximate surface area is 150 Å². The number of benzene rings is 1. The number of hydrogen-bond donors (Lipinski definition) is 1. The van der Waals surface area contributed by atoms with Crippen LogP contribution < -0.4 is 10.1 Å². The quantitative estimate of drug-likeness (QED) is 0.655. The minimum absolute atomic E-state index is 0.240. The second-order valence-electron chi connectivity index (χ2n) is 5.47. The Hall–Kier alpha value is -3.26. The van der Waals surface area contributed by atoms with E-state index in [9.17, 15) is 4.79 Å². The van der Waals surface area contributed by atoms with Gasteiger partial charge in [0, 0.05) is 25.7 Å². The predicted octanol–water partition coefficient (Wildman–Crippen LogP) is 2.25. The molecule has 2 aromatic heterocycles. The molecule has 0 radical (unpaired) electrons. The Morgan fingerprint density at radius 2 is 2.00 bits per heavy atom. The maximum Gasteiger partial charge on any atom is 0.260 e. The smallest absolute Gasteiger partial charge is 0.260 e. The topological polar surface area (TPSA) is 91.2 Å². The molecule has 0 aliphatic heterocycles. The molecule has 1 aromatic carbocycles. The van der Waals surface area contributed by atoms with E-state index in [0.29, 0.717) is 18.8 Å². The highest BCUT2D eigenvalue weighted by molar-refractivity contribution is 6.04. The van der Waals surface area contributed by atoms with E-state index >= 15 is 0 Å². The lowest BCUT2D eigenvalue weighted by Crippen LogP contribution is -2.15. The van der Waals surface area contributed by atoms with Gasteiger partial charge in [0.25, 0.3) is 11.8 Å². The summed E-state index contributed by atoms with van der Waals surface area (Å²) in [5, 5.41) is 6.97. The molecule has 0 atom stereocenters. The second-order valence-corrected chi connectivity index (χ2v) is 5.47. The van der Waals surface area contributed by atoms with Gasteiger partial charge in [0.15, 0.2) is 5.82 Å². The van der Waals surface area contributed by atoms with Crippen LogP contribution in [0.15, 0.2) is 49.1 Å². The highest BCUT2D eigenvalue weighted by atomic mass is 16.5. The zero-order chi connectivity index (χ0) is 18.4. The molecule has 8 nitrogen and oxygen atoms in total. The summed E-state index contributed by atoms with van der Waals surface area (Å²) in [5.41, 5.74) is 2.38. The van der Waals surface area contributed by atoms with E-state index in [1.807, 2.05) is 31.2 Å². The molecule has 3 aromatic rings. The van der Waals surface area contributed by atoms with Crippen LogP contribution in [-0.4, -0.2) is 46.0 Å². The van der Waals surface area contributed by atoms with Crippen molar-refractivity contribution < 1.29 is 14.3 Å². The van der Waals surface area contributed by atoms with Gasteiger partial charge in [-0.05, 0) is 18.6 Å². The van der Waals surface area contributed by atoms with Crippen molar-refractivity contribution in [3.05, 3.63) is 60.2 Å². The minimum atomic E-state index is -0.345. The summed E-state index contributed by atoms with van der Waals surface area (Å²) in [6.07, 6.45) is 6.15. The van der Waals surface area contributed by atoms with E-state index in [1.54, 1.807) is 18.0 Å². The molecule has 0 fully saturated rings. The molecule has 26 heavy (non-hydrogen) atoms. The van der Waals surface area contributed by atoms with Crippen LogP contribution in [0.4, 0.5) is 5.82 Å². The maximum atomic E-state index is 12.5. The molecular formula is C18H19N5O3. The first-order valence-corrected chi connectivity index (χ1v) is 8.04. The number of rotatable bonds is 7. The summed E-state index contributed by atoms with van der Waals surface area (Å²) in [6.45, 7) is 2.70. The van der Waals surface area contributed by atoms with Crippen molar-refractivity contribution in [2.24, 2.45) is 0 Å². The summed E-state index contributed by atoms with van der Waals surface area (Å²) >= 11 is 0. The lowest BCUT2D eigenvalue weighted by atomic mass is 10.2. The fraction of sp³-hybridized carbons (Fsp3) is 0.222. The molecule has 0 aliphatic rings. The van der Waals surface area contributed by atoms with Gasteiger partial charge in [0.2, 0.25) is 0 Å². The number of nitrogens with one attached hydrogen (secondary N) is 1. The molecule has 0 saturated heterocycles. The lowest BCUT2D eigenvalue weighted by Gasteiger charge is -2.09. The van der Waals surface area contributed by atoms with Crippen LogP contribution in [-0.2, 0) is 4.74 Å². The third-order valence-electron chi connectivity index (χ3n) is 3.63. The van der Waals surface area contributed by atoms with Gasteiger partial charge in [0.05, 0.1) is 24.1 Å². The van der Waals surface area contributed by atoms with E-state index in [0.717, 1.165) is 11.3 Å². The molecular weight excluding hydrogens is 334 g/mol. The van der Waals surface area contributed by atoms with Crippen LogP contribution >= 0.6 is 0 Å². The van der Waals surface area contributed by atoms with E-state index < -0.39 is 0 Å². The average Bonchev–Trinajstić information content (AvgIpc) is 3.14. The molecule has 1 N–H and O–H groups in total. The van der Waals surface area contributed by atoms with Crippen LogP contribution in [0.2, 0.25) is 0 Å². The standard InChI is InChI=1S/C18H19N5O3/c1-13-5-3-4-6-15(13)23-12-14(11-21-23)17(24)22-16-18(20-8-7-19-16)26-10-9-25-2/h3-8,11-12H,9-10H2,1-2H3,(H,19,22,24). The van der Waals surface area contributed by atoms with Gasteiger partial charge in [-0.15, -0.1) is 0 Å². The van der Waals surface area contributed by atoms with Crippen molar-refractivity contribution in [1.29, 1.82) is 0 Å². The Bertz CT molecular complexity index is 894. The van der Waals surface area contributed by atoms with Crippen molar-refractivity contribution in [2.45, 2.75) is 6.92 Å². The van der Waals surface area contributed by atoms with Crippen molar-refractivity contribution in [1.82, 2.24) is 19.7 Å². The normalized spacial score (nSPS) is 10.5. The molecule has 134 valence electrons. The molecule has 1 amide bonds. The summed E-state index contributed by atoms with van der Waals surface area (Å²) < 4.78 is 12.1. The number of amides is 1. The number of para-hydroxylation sites is 1. The molecule has 0 bridgehead atoms. The van der Waals surface area contributed by atoms with Crippen LogP contribution in [0.25, 0.3) is 5.69 Å². The summed E-state index contributed by atoms with van der Waals surface area (Å²) in [6, 6.07) is 7.80. The molecule has 0 saturated carbocycles. The van der Waals surface area contributed by atoms with Gasteiger partial charge in [-0.2, -0.15) is 5.10 Å². The molecule has 3 rings (SSSR count). The summed E-state index contributed by atoms with van der Waals surface area (Å²) in [5.74, 6) is 0.142. The Morgan fingerprint density at radius 3 is 2.81 bits per heavy atom. The molecule has 0 unspecified atom stereocenters. The number of hydrogen-bond acceptors (Lipinski definition) is 6. The number of carbonyl (C=O) groups is 1. The number of nitrogens with zero attached hydrogens (tertiary/aromatic N) is 4. The number of aryl methyl sites for hydroxylation is 1. The largest absolute Gasteiger partial charge is 0.473 e. The van der Waals surface area contributed by atoms with Crippen LogP contribution in [0.1, 0.15) is 15.9 Å².